The van der Waals surface area contributed by atoms with E-state index in [4.69, 9.17) is 0 Å². The third-order valence-electron chi connectivity index (χ3n) is 4.55. The molecule has 0 heterocycles. The highest BCUT2D eigenvalue weighted by molar-refractivity contribution is 5.07. The molecular weight excluding hydrogens is 136 g/mol. The molecule has 0 radical (unpaired) electrons. The average Bonchev–Trinajstić information content (AvgIpc) is 2.50. The van der Waals surface area contributed by atoms with Crippen LogP contribution in [0.25, 0.3) is 0 Å². The maximum atomic E-state index is 9.55. The molecule has 62 valence electrons. The predicted molar refractivity (Wildman–Crippen MR) is 43.1 cm³/mol. The summed E-state index contributed by atoms with van der Waals surface area (Å²) in [7, 11) is 0. The Labute approximate surface area is 67.8 Å². The first-order valence-electron chi connectivity index (χ1n) is 4.98. The van der Waals surface area contributed by atoms with Gasteiger partial charge < -0.3 is 5.11 Å². The second kappa shape index (κ2) is 1.82. The van der Waals surface area contributed by atoms with Crippen LogP contribution in [0, 0.1) is 17.3 Å². The maximum Gasteiger partial charge on any atom is 0.0548 e. The molecular formula is C10H16O. The van der Waals surface area contributed by atoms with E-state index in [9.17, 15) is 5.11 Å². The molecule has 3 saturated carbocycles. The molecule has 0 aromatic rings. The standard InChI is InChI=1S/C10H16O/c11-8-5-9-7-1-3-10(9,6-8)4-2-7/h7-9,11H,1-6H2/t7?,8-,9-,10?/m0/s1. The van der Waals surface area contributed by atoms with Gasteiger partial charge in [0.15, 0.2) is 0 Å². The Balaban J connectivity index is 1.96. The van der Waals surface area contributed by atoms with Crippen LogP contribution < -0.4 is 0 Å². The minimum atomic E-state index is 0.0584. The third kappa shape index (κ3) is 0.658. The van der Waals surface area contributed by atoms with E-state index >= 15 is 0 Å². The van der Waals surface area contributed by atoms with Gasteiger partial charge in [-0.2, -0.15) is 0 Å². The Morgan fingerprint density at radius 3 is 2.55 bits per heavy atom. The molecule has 0 saturated heterocycles. The van der Waals surface area contributed by atoms with Crippen LogP contribution in [0.15, 0.2) is 0 Å². The zero-order valence-electron chi connectivity index (χ0n) is 6.92. The molecule has 3 aliphatic rings. The van der Waals surface area contributed by atoms with Gasteiger partial charge in [0.05, 0.1) is 6.10 Å². The van der Waals surface area contributed by atoms with E-state index in [-0.39, 0.29) is 6.10 Å². The van der Waals surface area contributed by atoms with Crippen LogP contribution in [0.3, 0.4) is 0 Å². The summed E-state index contributed by atoms with van der Waals surface area (Å²) in [4.78, 5) is 0. The molecule has 0 aromatic carbocycles. The van der Waals surface area contributed by atoms with Crippen molar-refractivity contribution < 1.29 is 5.11 Å². The highest BCUT2D eigenvalue weighted by Crippen LogP contribution is 2.65. The largest absolute Gasteiger partial charge is 0.393 e. The van der Waals surface area contributed by atoms with E-state index in [0.717, 1.165) is 24.7 Å². The van der Waals surface area contributed by atoms with Crippen molar-refractivity contribution in [3.8, 4) is 0 Å². The van der Waals surface area contributed by atoms with Gasteiger partial charge in [0, 0.05) is 0 Å². The Morgan fingerprint density at radius 1 is 1.18 bits per heavy atom. The molecule has 2 bridgehead atoms. The zero-order chi connectivity index (χ0) is 7.47. The summed E-state index contributed by atoms with van der Waals surface area (Å²) in [5, 5.41) is 9.55. The van der Waals surface area contributed by atoms with Crippen LogP contribution in [-0.2, 0) is 0 Å². The lowest BCUT2D eigenvalue weighted by atomic mass is 9.81. The molecule has 11 heavy (non-hydrogen) atoms. The first-order valence-corrected chi connectivity index (χ1v) is 4.98. The van der Waals surface area contributed by atoms with Crippen molar-refractivity contribution in [2.24, 2.45) is 17.3 Å². The lowest BCUT2D eigenvalue weighted by Gasteiger charge is -2.24. The molecule has 0 amide bonds. The summed E-state index contributed by atoms with van der Waals surface area (Å²) in [6, 6.07) is 0. The third-order valence-corrected chi connectivity index (χ3v) is 4.55. The maximum absolute atomic E-state index is 9.55. The van der Waals surface area contributed by atoms with Gasteiger partial charge in [-0.05, 0) is 55.8 Å². The number of hydrogen-bond donors (Lipinski definition) is 1. The SMILES string of the molecule is O[C@H]1C[C@H]2C3CCC2(CC3)C1. The van der Waals surface area contributed by atoms with Crippen molar-refractivity contribution in [1.82, 2.24) is 0 Å². The summed E-state index contributed by atoms with van der Waals surface area (Å²) in [6.45, 7) is 0. The lowest BCUT2D eigenvalue weighted by Crippen LogP contribution is -2.16. The number of hydrogen-bond acceptors (Lipinski definition) is 1. The van der Waals surface area contributed by atoms with Crippen LogP contribution in [0.5, 0.6) is 0 Å². The van der Waals surface area contributed by atoms with Gasteiger partial charge in [0.25, 0.3) is 0 Å². The monoisotopic (exact) mass is 152 g/mol. The van der Waals surface area contributed by atoms with Crippen molar-refractivity contribution in [1.29, 1.82) is 0 Å². The van der Waals surface area contributed by atoms with Crippen molar-refractivity contribution in [3.63, 3.8) is 0 Å². The molecule has 3 rings (SSSR count). The molecule has 1 heteroatoms. The first-order chi connectivity index (χ1) is 5.30. The van der Waals surface area contributed by atoms with E-state index in [2.05, 4.69) is 0 Å². The van der Waals surface area contributed by atoms with E-state index in [1.54, 1.807) is 0 Å². The quantitative estimate of drug-likeness (QED) is 0.562. The van der Waals surface area contributed by atoms with Gasteiger partial charge in [0.2, 0.25) is 0 Å². The van der Waals surface area contributed by atoms with Gasteiger partial charge in [-0.15, -0.1) is 0 Å². The van der Waals surface area contributed by atoms with Crippen LogP contribution in [0.4, 0.5) is 0 Å². The van der Waals surface area contributed by atoms with Crippen molar-refractivity contribution >= 4 is 0 Å². The van der Waals surface area contributed by atoms with Gasteiger partial charge >= 0.3 is 0 Å². The summed E-state index contributed by atoms with van der Waals surface area (Å²) in [5.41, 5.74) is 0.643. The Morgan fingerprint density at radius 2 is 1.91 bits per heavy atom. The summed E-state index contributed by atoms with van der Waals surface area (Å²) >= 11 is 0. The summed E-state index contributed by atoms with van der Waals surface area (Å²) in [5.74, 6) is 1.93. The minimum Gasteiger partial charge on any atom is -0.393 e. The second-order valence-electron chi connectivity index (χ2n) is 4.90. The van der Waals surface area contributed by atoms with Gasteiger partial charge in [-0.3, -0.25) is 0 Å². The molecule has 3 fully saturated rings. The van der Waals surface area contributed by atoms with Crippen LogP contribution in [0.1, 0.15) is 38.5 Å². The zero-order valence-corrected chi connectivity index (χ0v) is 6.92. The average molecular weight is 152 g/mol. The predicted octanol–water partition coefficient (Wildman–Crippen LogP) is 1.95. The Bertz CT molecular complexity index is 179. The van der Waals surface area contributed by atoms with Crippen molar-refractivity contribution in [3.05, 3.63) is 0 Å². The van der Waals surface area contributed by atoms with E-state index in [0.29, 0.717) is 5.41 Å². The van der Waals surface area contributed by atoms with Gasteiger partial charge in [-0.25, -0.2) is 0 Å². The molecule has 3 aliphatic carbocycles. The fourth-order valence-corrected chi connectivity index (χ4v) is 4.13. The van der Waals surface area contributed by atoms with E-state index < -0.39 is 0 Å². The lowest BCUT2D eigenvalue weighted by molar-refractivity contribution is 0.146. The molecule has 0 unspecified atom stereocenters. The highest BCUT2D eigenvalue weighted by Gasteiger charge is 2.57. The highest BCUT2D eigenvalue weighted by atomic mass is 16.3. The second-order valence-corrected chi connectivity index (χ2v) is 4.90. The van der Waals surface area contributed by atoms with Crippen molar-refractivity contribution in [2.45, 2.75) is 44.6 Å². The minimum absolute atomic E-state index is 0.0584. The number of rotatable bonds is 0. The number of aliphatic hydroxyl groups excluding tert-OH is 1. The van der Waals surface area contributed by atoms with Gasteiger partial charge in [-0.1, -0.05) is 0 Å². The van der Waals surface area contributed by atoms with Crippen LogP contribution in [-0.4, -0.2) is 11.2 Å². The summed E-state index contributed by atoms with van der Waals surface area (Å²) < 4.78 is 0. The Hall–Kier alpha value is -0.0400. The molecule has 1 nitrogen and oxygen atoms in total. The molecule has 2 atom stereocenters. The van der Waals surface area contributed by atoms with Crippen LogP contribution in [0.2, 0.25) is 0 Å². The molecule has 0 aromatic heterocycles. The molecule has 1 N–H and O–H groups in total. The fraction of sp³-hybridized carbons (Fsp3) is 1.00. The van der Waals surface area contributed by atoms with Gasteiger partial charge in [0.1, 0.15) is 0 Å². The molecule has 0 spiro atoms. The normalized spacial score (nSPS) is 60.3. The smallest absolute Gasteiger partial charge is 0.0548 e. The fourth-order valence-electron chi connectivity index (χ4n) is 4.13. The van der Waals surface area contributed by atoms with Crippen LogP contribution >= 0.6 is 0 Å². The van der Waals surface area contributed by atoms with E-state index in [1.165, 1.54) is 25.7 Å². The Kier molecular flexibility index (Phi) is 1.07. The van der Waals surface area contributed by atoms with Crippen molar-refractivity contribution in [2.75, 3.05) is 0 Å². The van der Waals surface area contributed by atoms with E-state index in [1.807, 2.05) is 0 Å². The first kappa shape index (κ1) is 6.47. The number of aliphatic hydroxyl groups is 1. The summed E-state index contributed by atoms with van der Waals surface area (Å²) in [6.07, 6.45) is 8.12. The topological polar surface area (TPSA) is 20.2 Å². The molecule has 0 aliphatic heterocycles.